The third-order valence-corrected chi connectivity index (χ3v) is 12.5. The summed E-state index contributed by atoms with van der Waals surface area (Å²) in [5.74, 6) is -1.84. The normalized spacial score (nSPS) is 24.3. The lowest BCUT2D eigenvalue weighted by atomic mass is 9.89. The molecule has 1 unspecified atom stereocenters. The number of amides is 4. The molecule has 4 aliphatic rings. The van der Waals surface area contributed by atoms with Gasteiger partial charge in [-0.15, -0.1) is 6.58 Å². The minimum Gasteiger partial charge on any atom is -0.497 e. The Bertz CT molecular complexity index is 2020. The number of benzene rings is 2. The lowest BCUT2D eigenvalue weighted by molar-refractivity contribution is -0.147. The van der Waals surface area contributed by atoms with Crippen LogP contribution >= 0.6 is 0 Å². The Morgan fingerprint density at radius 2 is 1.82 bits per heavy atom. The fraction of sp³-hybridized carbons (Fsp3) is 0.500. The Hall–Kier alpha value is -4.82. The number of hydrogen-bond donors (Lipinski definition) is 2. The Kier molecular flexibility index (Phi) is 11.5. The van der Waals surface area contributed by atoms with E-state index in [1.807, 2.05) is 73.3 Å². The average Bonchev–Trinajstić information content (AvgIpc) is 4.13. The third-order valence-electron chi connectivity index (χ3n) is 11.7. The van der Waals surface area contributed by atoms with Crippen molar-refractivity contribution in [3.05, 3.63) is 67.3 Å². The molecule has 1 aromatic heterocycles. The lowest BCUT2D eigenvalue weighted by Gasteiger charge is -2.33. The predicted molar refractivity (Wildman–Crippen MR) is 211 cm³/mol. The highest BCUT2D eigenvalue weighted by Gasteiger charge is 2.64. The van der Waals surface area contributed by atoms with E-state index in [4.69, 9.17) is 14.5 Å². The summed E-state index contributed by atoms with van der Waals surface area (Å²) in [6.07, 6.45) is 5.38. The number of fused-ring (bicyclic) bond motifs is 1. The number of rotatable bonds is 14. The maximum atomic E-state index is 14.7. The van der Waals surface area contributed by atoms with Crippen molar-refractivity contribution >= 4 is 45.8 Å². The second-order valence-corrected chi connectivity index (χ2v) is 16.7. The molecule has 56 heavy (non-hydrogen) atoms. The summed E-state index contributed by atoms with van der Waals surface area (Å²) in [5, 5.41) is 3.65. The molecule has 0 spiro atoms. The Labute approximate surface area is 330 Å². The molecule has 2 saturated heterocycles. The van der Waals surface area contributed by atoms with Crippen molar-refractivity contribution in [2.75, 3.05) is 26.7 Å². The van der Waals surface area contributed by atoms with E-state index in [9.17, 15) is 27.9 Å². The molecule has 2 N–H and O–H groups in total. The summed E-state index contributed by atoms with van der Waals surface area (Å²) in [7, 11) is 1.59. The van der Waals surface area contributed by atoms with Crippen molar-refractivity contribution in [3.8, 4) is 22.8 Å². The minimum absolute atomic E-state index is 0.0176. The van der Waals surface area contributed by atoms with E-state index in [1.165, 1.54) is 4.90 Å². The molecule has 14 heteroatoms. The number of hydrogen-bond acceptors (Lipinski definition) is 8. The van der Waals surface area contributed by atoms with Gasteiger partial charge in [0.05, 0.1) is 24.9 Å². The summed E-state index contributed by atoms with van der Waals surface area (Å²) < 4.78 is 35.6. The van der Waals surface area contributed by atoms with E-state index >= 15 is 0 Å². The van der Waals surface area contributed by atoms with Gasteiger partial charge in [0, 0.05) is 66.9 Å². The summed E-state index contributed by atoms with van der Waals surface area (Å²) in [6, 6.07) is 15.6. The van der Waals surface area contributed by atoms with Gasteiger partial charge < -0.3 is 24.6 Å². The minimum atomic E-state index is -2.57. The average molecular weight is 786 g/mol. The number of likely N-dealkylation sites (tertiary alicyclic amines) is 2. The maximum absolute atomic E-state index is 14.7. The molecular weight excluding hydrogens is 735 g/mol. The van der Waals surface area contributed by atoms with E-state index < -0.39 is 52.6 Å². The first-order valence-corrected chi connectivity index (χ1v) is 20.7. The van der Waals surface area contributed by atoms with Gasteiger partial charge in [-0.2, -0.15) is 0 Å². The van der Waals surface area contributed by atoms with Crippen LogP contribution in [0.25, 0.3) is 22.2 Å². The van der Waals surface area contributed by atoms with Crippen molar-refractivity contribution in [1.82, 2.24) is 24.4 Å². The van der Waals surface area contributed by atoms with Crippen molar-refractivity contribution < 1.29 is 37.4 Å². The molecule has 7 rings (SSSR count). The number of carbonyl (C=O) groups is 4. The number of pyridine rings is 1. The number of piperidine rings is 1. The van der Waals surface area contributed by atoms with Gasteiger partial charge in [-0.1, -0.05) is 50.3 Å². The Morgan fingerprint density at radius 1 is 1.09 bits per heavy atom. The molecular formula is C42H51N5O8S. The van der Waals surface area contributed by atoms with Crippen LogP contribution in [0, 0.1) is 17.8 Å². The fourth-order valence-electron chi connectivity index (χ4n) is 8.18. The summed E-state index contributed by atoms with van der Waals surface area (Å²) >= 11 is -2.57. The molecule has 0 radical (unpaired) electrons. The lowest BCUT2D eigenvalue weighted by Crippen LogP contribution is -2.57. The van der Waals surface area contributed by atoms with Gasteiger partial charge >= 0.3 is 0 Å². The third kappa shape index (κ3) is 8.04. The standard InChI is InChI=1S/C42H51N5O8S/c1-5-28-24-42(28,41(51)47(56(52)53)29-14-15-29)44-39(49)36-21-31(25-46(36)40(50)33(26(2)3)22-38(48)45-18-10-7-11-19-45)55-37-23-34(27-12-8-6-9-13-27)43-35-20-30(54-4)16-17-32(35)37/h5-6,8-9,12-13,16-17,20,23,26,28-29,31,33,36H,1,7,10-11,14-15,18-19,21-22,24-25H2,2-4H3,(H,44,49)(H,52,53)/t28-,31+,33-,36-,42+/m0/s1. The number of methoxy groups -OCH3 is 1. The van der Waals surface area contributed by atoms with Gasteiger partial charge in [0.25, 0.3) is 17.2 Å². The largest absolute Gasteiger partial charge is 0.497 e. The van der Waals surface area contributed by atoms with Gasteiger partial charge in [0.1, 0.15) is 29.2 Å². The van der Waals surface area contributed by atoms with Gasteiger partial charge in [-0.05, 0) is 56.6 Å². The Morgan fingerprint density at radius 3 is 2.45 bits per heavy atom. The molecule has 3 heterocycles. The quantitative estimate of drug-likeness (QED) is 0.167. The van der Waals surface area contributed by atoms with Crippen LogP contribution in [0.4, 0.5) is 0 Å². The second-order valence-electron chi connectivity index (χ2n) is 15.8. The van der Waals surface area contributed by atoms with Gasteiger partial charge in [-0.3, -0.25) is 23.7 Å². The van der Waals surface area contributed by atoms with Crippen LogP contribution in [0.15, 0.2) is 67.3 Å². The number of nitrogens with zero attached hydrogens (tertiary/aromatic N) is 4. The molecule has 298 valence electrons. The van der Waals surface area contributed by atoms with Crippen molar-refractivity contribution in [2.24, 2.45) is 17.8 Å². The first-order valence-electron chi connectivity index (χ1n) is 19.6. The summed E-state index contributed by atoms with van der Waals surface area (Å²) in [4.78, 5) is 64.9. The van der Waals surface area contributed by atoms with Crippen LogP contribution in [0.3, 0.4) is 0 Å². The molecule has 2 aromatic carbocycles. The first kappa shape index (κ1) is 39.4. The van der Waals surface area contributed by atoms with E-state index in [1.54, 1.807) is 13.2 Å². The maximum Gasteiger partial charge on any atom is 0.264 e. The molecule has 4 fully saturated rings. The molecule has 0 bridgehead atoms. The second kappa shape index (κ2) is 16.3. The summed E-state index contributed by atoms with van der Waals surface area (Å²) in [6.45, 7) is 9.04. The summed E-state index contributed by atoms with van der Waals surface area (Å²) in [5.41, 5.74) is 0.730. The van der Waals surface area contributed by atoms with Crippen LogP contribution in [0.1, 0.15) is 65.2 Å². The van der Waals surface area contributed by atoms with Gasteiger partial charge in [-0.25, -0.2) is 13.5 Å². The Balaban J connectivity index is 1.21. The van der Waals surface area contributed by atoms with Crippen LogP contribution < -0.4 is 14.8 Å². The zero-order valence-electron chi connectivity index (χ0n) is 32.2. The first-order chi connectivity index (χ1) is 26.9. The molecule has 3 aromatic rings. The highest BCUT2D eigenvalue weighted by molar-refractivity contribution is 7.77. The number of aromatic nitrogens is 1. The topological polar surface area (TPSA) is 159 Å². The van der Waals surface area contributed by atoms with E-state index in [2.05, 4.69) is 11.9 Å². The SMILES string of the molecule is C=C[C@H]1C[C@]1(NC(=O)[C@@H]1C[C@@H](Oc2cc(-c3ccccc3)nc3cc(OC)ccc23)CN1C(=O)[C@@H](CC(=O)N1CCCCC1)C(C)C)C(=O)N(C1CC1)S(=O)O. The zero-order chi connectivity index (χ0) is 39.7. The molecule has 2 aliphatic carbocycles. The van der Waals surface area contributed by atoms with Crippen molar-refractivity contribution in [1.29, 1.82) is 0 Å². The van der Waals surface area contributed by atoms with Gasteiger partial charge in [0.2, 0.25) is 17.7 Å². The van der Waals surface area contributed by atoms with Crippen molar-refractivity contribution in [3.63, 3.8) is 0 Å². The number of carbonyl (C=O) groups excluding carboxylic acids is 4. The monoisotopic (exact) mass is 785 g/mol. The van der Waals surface area contributed by atoms with Crippen molar-refractivity contribution in [2.45, 2.75) is 88.9 Å². The van der Waals surface area contributed by atoms with E-state index in [0.29, 0.717) is 48.6 Å². The smallest absolute Gasteiger partial charge is 0.264 e. The number of nitrogens with one attached hydrogen (secondary N) is 1. The molecule has 4 amide bonds. The van der Waals surface area contributed by atoms with E-state index in [-0.39, 0.29) is 49.6 Å². The molecule has 2 saturated carbocycles. The molecule has 6 atom stereocenters. The van der Waals surface area contributed by atoms with E-state index in [0.717, 1.165) is 34.5 Å². The predicted octanol–water partition coefficient (Wildman–Crippen LogP) is 5.12. The highest BCUT2D eigenvalue weighted by atomic mass is 32.2. The number of ether oxygens (including phenoxy) is 2. The van der Waals surface area contributed by atoms with Crippen LogP contribution in [-0.2, 0) is 30.4 Å². The molecule has 2 aliphatic heterocycles. The van der Waals surface area contributed by atoms with Crippen LogP contribution in [0.5, 0.6) is 11.5 Å². The highest BCUT2D eigenvalue weighted by Crippen LogP contribution is 2.48. The fourth-order valence-corrected chi connectivity index (χ4v) is 8.95. The zero-order valence-corrected chi connectivity index (χ0v) is 33.0. The van der Waals surface area contributed by atoms with Crippen LogP contribution in [0.2, 0.25) is 0 Å². The van der Waals surface area contributed by atoms with Gasteiger partial charge in [0.15, 0.2) is 0 Å². The molecule has 13 nitrogen and oxygen atoms in total. The van der Waals surface area contributed by atoms with Crippen LogP contribution in [-0.4, -0.2) is 102 Å².